The molecular formula is C26H27ClN2O4S. The first-order chi connectivity index (χ1) is 16.1. The van der Waals surface area contributed by atoms with Crippen LogP contribution in [-0.2, 0) is 9.59 Å². The Morgan fingerprint density at radius 3 is 2.41 bits per heavy atom. The highest BCUT2D eigenvalue weighted by molar-refractivity contribution is 7.21. The number of amides is 2. The summed E-state index contributed by atoms with van der Waals surface area (Å²) in [6.45, 7) is 4.39. The normalized spacial score (nSPS) is 14.9. The number of benzene rings is 2. The molecule has 1 fully saturated rings. The van der Waals surface area contributed by atoms with Gasteiger partial charge in [-0.3, -0.25) is 14.4 Å². The van der Waals surface area contributed by atoms with Crippen molar-refractivity contribution in [3.63, 3.8) is 0 Å². The lowest BCUT2D eigenvalue weighted by Gasteiger charge is -2.34. The first-order valence-electron chi connectivity index (χ1n) is 11.2. The summed E-state index contributed by atoms with van der Waals surface area (Å²) in [6, 6.07) is 15.3. The van der Waals surface area contributed by atoms with Crippen LogP contribution >= 0.6 is 22.9 Å². The lowest BCUT2D eigenvalue weighted by molar-refractivity contribution is -0.151. The number of aliphatic carboxylic acids is 1. The van der Waals surface area contributed by atoms with Crippen LogP contribution in [0.3, 0.4) is 0 Å². The van der Waals surface area contributed by atoms with E-state index >= 15 is 0 Å². The van der Waals surface area contributed by atoms with Crippen LogP contribution in [0.5, 0.6) is 0 Å². The molecule has 2 N–H and O–H groups in total. The third kappa shape index (κ3) is 5.26. The average molecular weight is 499 g/mol. The van der Waals surface area contributed by atoms with Crippen LogP contribution in [0.15, 0.2) is 48.5 Å². The van der Waals surface area contributed by atoms with Crippen molar-refractivity contribution in [3.8, 4) is 0 Å². The second-order valence-electron chi connectivity index (χ2n) is 9.36. The van der Waals surface area contributed by atoms with E-state index in [1.165, 1.54) is 16.9 Å². The van der Waals surface area contributed by atoms with Crippen molar-refractivity contribution in [2.24, 2.45) is 5.41 Å². The average Bonchev–Trinajstić information content (AvgIpc) is 3.25. The highest BCUT2D eigenvalue weighted by Crippen LogP contribution is 2.33. The minimum absolute atomic E-state index is 0.00734. The first-order valence-corrected chi connectivity index (χ1v) is 12.4. The van der Waals surface area contributed by atoms with Crippen molar-refractivity contribution in [1.29, 1.82) is 0 Å². The maximum atomic E-state index is 12.7. The summed E-state index contributed by atoms with van der Waals surface area (Å²) in [6.07, 6.45) is 1.66. The van der Waals surface area contributed by atoms with Gasteiger partial charge in [0, 0.05) is 40.3 Å². The van der Waals surface area contributed by atoms with Gasteiger partial charge >= 0.3 is 5.97 Å². The van der Waals surface area contributed by atoms with Gasteiger partial charge in [-0.05, 0) is 68.5 Å². The van der Waals surface area contributed by atoms with Crippen LogP contribution in [0.25, 0.3) is 10.1 Å². The summed E-state index contributed by atoms with van der Waals surface area (Å²) in [5.74, 6) is -0.905. The number of halogens is 1. The van der Waals surface area contributed by atoms with Crippen LogP contribution in [0, 0.1) is 5.41 Å². The molecule has 2 heterocycles. The molecule has 1 aromatic heterocycles. The Hall–Kier alpha value is -2.90. The van der Waals surface area contributed by atoms with E-state index in [9.17, 15) is 19.5 Å². The highest BCUT2D eigenvalue weighted by Gasteiger charge is 2.33. The number of rotatable bonds is 6. The molecule has 0 aliphatic carbocycles. The number of carbonyl (C=O) groups is 3. The van der Waals surface area contributed by atoms with E-state index in [1.54, 1.807) is 18.7 Å². The van der Waals surface area contributed by atoms with Gasteiger partial charge in [0.2, 0.25) is 5.91 Å². The fourth-order valence-electron chi connectivity index (χ4n) is 4.20. The second kappa shape index (κ2) is 9.76. The molecule has 178 valence electrons. The Bertz CT molecular complexity index is 1230. The van der Waals surface area contributed by atoms with E-state index in [-0.39, 0.29) is 18.2 Å². The van der Waals surface area contributed by atoms with Gasteiger partial charge in [0.05, 0.1) is 10.3 Å². The Kier molecular flexibility index (Phi) is 6.96. The summed E-state index contributed by atoms with van der Waals surface area (Å²) >= 11 is 7.63. The molecule has 3 aromatic rings. The van der Waals surface area contributed by atoms with Crippen LogP contribution < -0.4 is 5.32 Å². The molecule has 0 spiro atoms. The van der Waals surface area contributed by atoms with E-state index in [0.717, 1.165) is 28.6 Å². The molecule has 0 saturated carbocycles. The number of piperidine rings is 1. The Labute approximate surface area is 207 Å². The number of hydrogen-bond donors (Lipinski definition) is 2. The van der Waals surface area contributed by atoms with Gasteiger partial charge in [0.25, 0.3) is 5.91 Å². The van der Waals surface area contributed by atoms with Crippen LogP contribution in [0.2, 0.25) is 5.02 Å². The number of nitrogens with zero attached hydrogens (tertiary/aromatic N) is 1. The number of hydrogen-bond acceptors (Lipinski definition) is 4. The molecule has 2 amide bonds. The number of anilines is 1. The molecular weight excluding hydrogens is 472 g/mol. The van der Waals surface area contributed by atoms with Gasteiger partial charge < -0.3 is 15.3 Å². The molecule has 1 aliphatic rings. The van der Waals surface area contributed by atoms with Crippen molar-refractivity contribution < 1.29 is 19.5 Å². The number of fused-ring (bicyclic) bond motifs is 1. The fourth-order valence-corrected chi connectivity index (χ4v) is 5.46. The number of likely N-dealkylation sites (tertiary alicyclic amines) is 1. The molecule has 1 aliphatic heterocycles. The number of carboxylic acids is 1. The van der Waals surface area contributed by atoms with Crippen molar-refractivity contribution in [1.82, 2.24) is 4.90 Å². The Morgan fingerprint density at radius 1 is 1.12 bits per heavy atom. The molecule has 4 rings (SSSR count). The Balaban J connectivity index is 1.33. The van der Waals surface area contributed by atoms with Crippen LogP contribution in [0.1, 0.15) is 54.3 Å². The summed E-state index contributed by atoms with van der Waals surface area (Å²) in [5, 5.41) is 13.7. The van der Waals surface area contributed by atoms with Crippen molar-refractivity contribution in [2.75, 3.05) is 18.4 Å². The van der Waals surface area contributed by atoms with Crippen molar-refractivity contribution in [2.45, 2.75) is 39.0 Å². The van der Waals surface area contributed by atoms with E-state index < -0.39 is 11.4 Å². The minimum Gasteiger partial charge on any atom is -0.481 e. The molecule has 34 heavy (non-hydrogen) atoms. The number of thiophene rings is 1. The molecule has 1 saturated heterocycles. The van der Waals surface area contributed by atoms with Gasteiger partial charge in [-0.25, -0.2) is 0 Å². The molecule has 6 nitrogen and oxygen atoms in total. The standard InChI is InChI=1S/C26H27ClN2O4S/c1-26(2,25(32)33)15-23(30)29-12-10-17(11-13-29)16-6-8-18(9-7-16)28-24(31)22-14-19-20(27)4-3-5-21(19)34-22/h3-9,14,17H,10-13,15H2,1-2H3,(H,28,31)(H,32,33). The largest absolute Gasteiger partial charge is 0.481 e. The van der Waals surface area contributed by atoms with E-state index in [1.807, 2.05) is 48.5 Å². The zero-order chi connectivity index (χ0) is 24.5. The Morgan fingerprint density at radius 2 is 1.79 bits per heavy atom. The third-order valence-corrected chi connectivity index (χ3v) is 7.82. The molecule has 0 radical (unpaired) electrons. The molecule has 0 bridgehead atoms. The lowest BCUT2D eigenvalue weighted by atomic mass is 9.86. The van der Waals surface area contributed by atoms with Gasteiger partial charge in [-0.15, -0.1) is 11.3 Å². The SMILES string of the molecule is CC(C)(CC(=O)N1CCC(c2ccc(NC(=O)c3cc4c(Cl)cccc4s3)cc2)CC1)C(=O)O. The molecule has 2 aromatic carbocycles. The van der Waals surface area contributed by atoms with Crippen molar-refractivity contribution in [3.05, 3.63) is 64.0 Å². The quantitative estimate of drug-likeness (QED) is 0.435. The van der Waals surface area contributed by atoms with E-state index in [2.05, 4.69) is 5.32 Å². The topological polar surface area (TPSA) is 86.7 Å². The zero-order valence-corrected chi connectivity index (χ0v) is 20.7. The smallest absolute Gasteiger partial charge is 0.309 e. The van der Waals surface area contributed by atoms with E-state index in [0.29, 0.717) is 28.9 Å². The number of carboxylic acid groups (broad SMARTS) is 1. The fraction of sp³-hybridized carbons (Fsp3) is 0.346. The van der Waals surface area contributed by atoms with Gasteiger partial charge in [0.15, 0.2) is 0 Å². The lowest BCUT2D eigenvalue weighted by Crippen LogP contribution is -2.41. The summed E-state index contributed by atoms with van der Waals surface area (Å²) < 4.78 is 0.976. The first kappa shape index (κ1) is 24.2. The predicted octanol–water partition coefficient (Wildman–Crippen LogP) is 6.01. The van der Waals surface area contributed by atoms with E-state index in [4.69, 9.17) is 11.6 Å². The zero-order valence-electron chi connectivity index (χ0n) is 19.1. The van der Waals surface area contributed by atoms with Gasteiger partial charge in [-0.1, -0.05) is 29.8 Å². The minimum atomic E-state index is -1.06. The molecule has 0 unspecified atom stereocenters. The highest BCUT2D eigenvalue weighted by atomic mass is 35.5. The summed E-state index contributed by atoms with van der Waals surface area (Å²) in [7, 11) is 0. The second-order valence-corrected chi connectivity index (χ2v) is 10.9. The van der Waals surface area contributed by atoms with Gasteiger partial charge in [-0.2, -0.15) is 0 Å². The third-order valence-electron chi connectivity index (χ3n) is 6.39. The maximum absolute atomic E-state index is 12.7. The van der Waals surface area contributed by atoms with Gasteiger partial charge in [0.1, 0.15) is 0 Å². The number of carbonyl (C=O) groups excluding carboxylic acids is 2. The monoisotopic (exact) mass is 498 g/mol. The maximum Gasteiger partial charge on any atom is 0.309 e. The summed E-state index contributed by atoms with van der Waals surface area (Å²) in [4.78, 5) is 38.9. The van der Waals surface area contributed by atoms with Crippen LogP contribution in [0.4, 0.5) is 5.69 Å². The van der Waals surface area contributed by atoms with Crippen LogP contribution in [-0.4, -0.2) is 40.9 Å². The molecule has 0 atom stereocenters. The predicted molar refractivity (Wildman–Crippen MR) is 136 cm³/mol. The van der Waals surface area contributed by atoms with Crippen molar-refractivity contribution >= 4 is 56.5 Å². The molecule has 8 heteroatoms. The number of nitrogens with one attached hydrogen (secondary N) is 1. The summed E-state index contributed by atoms with van der Waals surface area (Å²) in [5.41, 5.74) is 0.835.